The molecule has 0 unspecified atom stereocenters. The molecule has 0 radical (unpaired) electrons. The fourth-order valence-corrected chi connectivity index (χ4v) is 2.89. The van der Waals surface area contributed by atoms with Crippen LogP contribution in [0.2, 0.25) is 0 Å². The molecule has 0 saturated carbocycles. The van der Waals surface area contributed by atoms with Crippen molar-refractivity contribution >= 4 is 16.5 Å². The third kappa shape index (κ3) is 2.28. The van der Waals surface area contributed by atoms with Crippen LogP contribution in [0.5, 0.6) is 0 Å². The van der Waals surface area contributed by atoms with Gasteiger partial charge in [-0.25, -0.2) is 0 Å². The SMILES string of the molecule is Cc1ccc2ccccc2c1[C@H](O)c1cccc(N)c1C. The Morgan fingerprint density at radius 3 is 2.48 bits per heavy atom. The first-order valence-corrected chi connectivity index (χ1v) is 7.11. The van der Waals surface area contributed by atoms with Crippen molar-refractivity contribution < 1.29 is 5.11 Å². The summed E-state index contributed by atoms with van der Waals surface area (Å²) in [5.74, 6) is 0. The van der Waals surface area contributed by atoms with Gasteiger partial charge in [0.05, 0.1) is 0 Å². The van der Waals surface area contributed by atoms with Crippen LogP contribution in [-0.2, 0) is 0 Å². The minimum Gasteiger partial charge on any atom is -0.399 e. The zero-order valence-corrected chi connectivity index (χ0v) is 12.3. The van der Waals surface area contributed by atoms with Crippen molar-refractivity contribution in [2.75, 3.05) is 5.73 Å². The average Bonchev–Trinajstić information content (AvgIpc) is 2.49. The summed E-state index contributed by atoms with van der Waals surface area (Å²) >= 11 is 0. The lowest BCUT2D eigenvalue weighted by Gasteiger charge is -2.19. The van der Waals surface area contributed by atoms with E-state index in [9.17, 15) is 5.11 Å². The zero-order chi connectivity index (χ0) is 15.0. The lowest BCUT2D eigenvalue weighted by Crippen LogP contribution is -2.06. The topological polar surface area (TPSA) is 46.2 Å². The number of rotatable bonds is 2. The number of aliphatic hydroxyl groups excluding tert-OH is 1. The van der Waals surface area contributed by atoms with Gasteiger partial charge in [0, 0.05) is 5.69 Å². The van der Waals surface area contributed by atoms with Crippen LogP contribution in [0.4, 0.5) is 5.69 Å². The maximum absolute atomic E-state index is 10.9. The van der Waals surface area contributed by atoms with Crippen molar-refractivity contribution in [1.29, 1.82) is 0 Å². The molecule has 3 rings (SSSR count). The van der Waals surface area contributed by atoms with Crippen molar-refractivity contribution in [1.82, 2.24) is 0 Å². The maximum Gasteiger partial charge on any atom is 0.105 e. The van der Waals surface area contributed by atoms with Gasteiger partial charge in [0.25, 0.3) is 0 Å². The highest BCUT2D eigenvalue weighted by Crippen LogP contribution is 2.34. The number of hydrogen-bond acceptors (Lipinski definition) is 2. The molecular formula is C19H19NO. The summed E-state index contributed by atoms with van der Waals surface area (Å²) in [6, 6.07) is 18.0. The Bertz CT molecular complexity index is 808. The lowest BCUT2D eigenvalue weighted by molar-refractivity contribution is 0.220. The second kappa shape index (κ2) is 5.23. The summed E-state index contributed by atoms with van der Waals surface area (Å²) in [6.45, 7) is 3.99. The normalized spacial score (nSPS) is 12.5. The van der Waals surface area contributed by atoms with E-state index < -0.39 is 6.10 Å². The smallest absolute Gasteiger partial charge is 0.105 e. The van der Waals surface area contributed by atoms with Crippen LogP contribution >= 0.6 is 0 Å². The third-order valence-electron chi connectivity index (χ3n) is 4.17. The molecular weight excluding hydrogens is 258 g/mol. The molecule has 106 valence electrons. The molecule has 21 heavy (non-hydrogen) atoms. The third-order valence-corrected chi connectivity index (χ3v) is 4.17. The Morgan fingerprint density at radius 1 is 0.905 bits per heavy atom. The van der Waals surface area contributed by atoms with E-state index in [1.54, 1.807) is 0 Å². The standard InChI is InChI=1S/C19H19NO/c1-12-10-11-14-6-3-4-7-16(14)18(12)19(21)15-8-5-9-17(20)13(15)2/h3-11,19,21H,20H2,1-2H3/t19-/m1/s1. The second-order valence-electron chi connectivity index (χ2n) is 5.48. The van der Waals surface area contributed by atoms with Crippen LogP contribution in [0.25, 0.3) is 10.8 Å². The van der Waals surface area contributed by atoms with Crippen LogP contribution in [0.3, 0.4) is 0 Å². The molecule has 0 heterocycles. The van der Waals surface area contributed by atoms with Crippen molar-refractivity contribution in [3.63, 3.8) is 0 Å². The number of nitrogen functional groups attached to an aromatic ring is 1. The fourth-order valence-electron chi connectivity index (χ4n) is 2.89. The van der Waals surface area contributed by atoms with Crippen molar-refractivity contribution in [3.8, 4) is 0 Å². The molecule has 0 aliphatic heterocycles. The van der Waals surface area contributed by atoms with Gasteiger partial charge in [-0.1, -0.05) is 48.5 Å². The van der Waals surface area contributed by atoms with Gasteiger partial charge in [-0.3, -0.25) is 0 Å². The number of fused-ring (bicyclic) bond motifs is 1. The molecule has 0 aliphatic carbocycles. The van der Waals surface area contributed by atoms with E-state index >= 15 is 0 Å². The van der Waals surface area contributed by atoms with E-state index in [-0.39, 0.29) is 0 Å². The maximum atomic E-state index is 10.9. The van der Waals surface area contributed by atoms with Gasteiger partial charge in [0.1, 0.15) is 6.10 Å². The van der Waals surface area contributed by atoms with Gasteiger partial charge in [-0.15, -0.1) is 0 Å². The molecule has 2 heteroatoms. The number of nitrogens with two attached hydrogens (primary N) is 1. The summed E-state index contributed by atoms with van der Waals surface area (Å²) in [6.07, 6.45) is -0.667. The highest BCUT2D eigenvalue weighted by Gasteiger charge is 2.18. The van der Waals surface area contributed by atoms with E-state index in [2.05, 4.69) is 24.3 Å². The van der Waals surface area contributed by atoms with E-state index in [4.69, 9.17) is 5.73 Å². The highest BCUT2D eigenvalue weighted by atomic mass is 16.3. The Morgan fingerprint density at radius 2 is 1.67 bits per heavy atom. The predicted molar refractivity (Wildman–Crippen MR) is 88.3 cm³/mol. The van der Waals surface area contributed by atoms with Gasteiger partial charge in [-0.2, -0.15) is 0 Å². The van der Waals surface area contributed by atoms with E-state index in [1.165, 1.54) is 0 Å². The average molecular weight is 277 g/mol. The Kier molecular flexibility index (Phi) is 3.40. The molecule has 2 nitrogen and oxygen atoms in total. The number of aryl methyl sites for hydroxylation is 1. The quantitative estimate of drug-likeness (QED) is 0.692. The van der Waals surface area contributed by atoms with Crippen LogP contribution in [0.15, 0.2) is 54.6 Å². The van der Waals surface area contributed by atoms with Gasteiger partial charge in [0.2, 0.25) is 0 Å². The summed E-state index contributed by atoms with van der Waals surface area (Å²) in [5.41, 5.74) is 10.5. The monoisotopic (exact) mass is 277 g/mol. The first-order valence-electron chi connectivity index (χ1n) is 7.11. The van der Waals surface area contributed by atoms with Crippen LogP contribution in [0, 0.1) is 13.8 Å². The number of anilines is 1. The minimum absolute atomic E-state index is 0.667. The highest BCUT2D eigenvalue weighted by molar-refractivity contribution is 5.87. The largest absolute Gasteiger partial charge is 0.399 e. The number of aliphatic hydroxyl groups is 1. The number of hydrogen-bond donors (Lipinski definition) is 2. The molecule has 0 saturated heterocycles. The lowest BCUT2D eigenvalue weighted by atomic mass is 9.90. The van der Waals surface area contributed by atoms with Gasteiger partial charge < -0.3 is 10.8 Å². The Hall–Kier alpha value is -2.32. The summed E-state index contributed by atoms with van der Waals surface area (Å²) < 4.78 is 0. The van der Waals surface area contributed by atoms with Gasteiger partial charge in [-0.05, 0) is 52.9 Å². The van der Waals surface area contributed by atoms with Crippen LogP contribution < -0.4 is 5.73 Å². The summed E-state index contributed by atoms with van der Waals surface area (Å²) in [5, 5.41) is 13.1. The van der Waals surface area contributed by atoms with E-state index in [0.717, 1.165) is 33.0 Å². The van der Waals surface area contributed by atoms with Crippen molar-refractivity contribution in [2.24, 2.45) is 0 Å². The zero-order valence-electron chi connectivity index (χ0n) is 12.3. The van der Waals surface area contributed by atoms with Crippen molar-refractivity contribution in [3.05, 3.63) is 76.9 Å². The summed E-state index contributed by atoms with van der Waals surface area (Å²) in [7, 11) is 0. The molecule has 0 fully saturated rings. The molecule has 0 aromatic heterocycles. The first-order chi connectivity index (χ1) is 10.1. The number of benzene rings is 3. The second-order valence-corrected chi connectivity index (χ2v) is 5.48. The van der Waals surface area contributed by atoms with Crippen LogP contribution in [-0.4, -0.2) is 5.11 Å². The first kappa shape index (κ1) is 13.7. The fraction of sp³-hybridized carbons (Fsp3) is 0.158. The Labute approximate surface area is 124 Å². The van der Waals surface area contributed by atoms with E-state index in [1.807, 2.05) is 44.2 Å². The molecule has 0 aliphatic rings. The molecule has 3 N–H and O–H groups in total. The molecule has 0 spiro atoms. The molecule has 3 aromatic rings. The predicted octanol–water partition coefficient (Wildman–Crippen LogP) is 4.12. The molecule has 0 bridgehead atoms. The van der Waals surface area contributed by atoms with Crippen molar-refractivity contribution in [2.45, 2.75) is 20.0 Å². The summed E-state index contributed by atoms with van der Waals surface area (Å²) in [4.78, 5) is 0. The molecule has 3 aromatic carbocycles. The van der Waals surface area contributed by atoms with Crippen LogP contribution in [0.1, 0.15) is 28.4 Å². The molecule has 1 atom stereocenters. The minimum atomic E-state index is -0.667. The Balaban J connectivity index is 2.24. The van der Waals surface area contributed by atoms with Gasteiger partial charge >= 0.3 is 0 Å². The molecule has 0 amide bonds. The van der Waals surface area contributed by atoms with E-state index in [0.29, 0.717) is 5.69 Å². The van der Waals surface area contributed by atoms with Gasteiger partial charge in [0.15, 0.2) is 0 Å².